The first kappa shape index (κ1) is 18.4. The summed E-state index contributed by atoms with van der Waals surface area (Å²) in [6.07, 6.45) is 0. The summed E-state index contributed by atoms with van der Waals surface area (Å²) in [5, 5.41) is 2.45. The van der Waals surface area contributed by atoms with E-state index in [1.165, 1.54) is 16.4 Å². The highest BCUT2D eigenvalue weighted by Gasteiger charge is 2.30. The van der Waals surface area contributed by atoms with E-state index in [0.29, 0.717) is 13.2 Å². The van der Waals surface area contributed by atoms with Gasteiger partial charge in [0, 0.05) is 19.6 Å². The average Bonchev–Trinajstić information content (AvgIpc) is 3.18. The van der Waals surface area contributed by atoms with Gasteiger partial charge in [-0.3, -0.25) is 4.79 Å². The number of hydrogen-bond acceptors (Lipinski definition) is 6. The fourth-order valence-electron chi connectivity index (χ4n) is 2.51. The van der Waals surface area contributed by atoms with Gasteiger partial charge in [-0.1, -0.05) is 12.1 Å². The van der Waals surface area contributed by atoms with Crippen LogP contribution in [0.25, 0.3) is 0 Å². The van der Waals surface area contributed by atoms with Crippen molar-refractivity contribution in [1.82, 2.24) is 9.62 Å². The number of carbonyl (C=O) groups excluding carboxylic acids is 1. The van der Waals surface area contributed by atoms with E-state index in [9.17, 15) is 13.2 Å². The van der Waals surface area contributed by atoms with Crippen LogP contribution in [0.1, 0.15) is 16.1 Å². The zero-order valence-corrected chi connectivity index (χ0v) is 15.1. The van der Waals surface area contributed by atoms with E-state index in [4.69, 9.17) is 13.9 Å². The van der Waals surface area contributed by atoms with Gasteiger partial charge in [0.1, 0.15) is 5.75 Å². The van der Waals surface area contributed by atoms with Crippen molar-refractivity contribution >= 4 is 15.9 Å². The first-order valence-electron chi connectivity index (χ1n) is 8.09. The van der Waals surface area contributed by atoms with Crippen LogP contribution in [-0.2, 0) is 21.3 Å². The number of nitrogens with zero attached hydrogens (tertiary/aromatic N) is 1. The van der Waals surface area contributed by atoms with Crippen molar-refractivity contribution in [1.29, 1.82) is 0 Å². The average molecular weight is 380 g/mol. The van der Waals surface area contributed by atoms with Gasteiger partial charge in [-0.05, 0) is 29.8 Å². The van der Waals surface area contributed by atoms with Gasteiger partial charge in [0.05, 0.1) is 20.3 Å². The third-order valence-electron chi connectivity index (χ3n) is 3.98. The molecule has 0 unspecified atom stereocenters. The van der Waals surface area contributed by atoms with Crippen molar-refractivity contribution in [2.75, 3.05) is 33.4 Å². The maximum Gasteiger partial charge on any atom is 0.287 e. The Balaban J connectivity index is 1.63. The Morgan fingerprint density at radius 2 is 1.85 bits per heavy atom. The number of amides is 1. The van der Waals surface area contributed by atoms with E-state index in [1.807, 2.05) is 12.1 Å². The quantitative estimate of drug-likeness (QED) is 0.810. The molecule has 0 radical (unpaired) electrons. The largest absolute Gasteiger partial charge is 0.497 e. The smallest absolute Gasteiger partial charge is 0.287 e. The Morgan fingerprint density at radius 1 is 1.15 bits per heavy atom. The number of hydrogen-bond donors (Lipinski definition) is 1. The molecule has 1 amide bonds. The van der Waals surface area contributed by atoms with Crippen molar-refractivity contribution in [3.63, 3.8) is 0 Å². The van der Waals surface area contributed by atoms with Gasteiger partial charge in [0.2, 0.25) is 5.09 Å². The molecule has 2 heterocycles. The molecule has 0 saturated carbocycles. The third-order valence-corrected chi connectivity index (χ3v) is 5.75. The zero-order valence-electron chi connectivity index (χ0n) is 14.3. The van der Waals surface area contributed by atoms with Crippen molar-refractivity contribution in [2.45, 2.75) is 11.6 Å². The van der Waals surface area contributed by atoms with Gasteiger partial charge in [-0.15, -0.1) is 0 Å². The molecule has 1 aromatic heterocycles. The van der Waals surface area contributed by atoms with Crippen molar-refractivity contribution in [2.24, 2.45) is 0 Å². The van der Waals surface area contributed by atoms with Gasteiger partial charge >= 0.3 is 0 Å². The molecule has 0 atom stereocenters. The molecule has 0 bridgehead atoms. The molecule has 0 aliphatic carbocycles. The number of carbonyl (C=O) groups is 1. The molecule has 8 nitrogen and oxygen atoms in total. The first-order chi connectivity index (χ1) is 12.5. The van der Waals surface area contributed by atoms with Crippen LogP contribution in [0.15, 0.2) is 45.9 Å². The van der Waals surface area contributed by atoms with E-state index in [2.05, 4.69) is 5.32 Å². The third kappa shape index (κ3) is 4.06. The van der Waals surface area contributed by atoms with Crippen LogP contribution in [0, 0.1) is 0 Å². The van der Waals surface area contributed by atoms with Crippen LogP contribution >= 0.6 is 0 Å². The Labute approximate surface area is 151 Å². The molecule has 1 aromatic carbocycles. The molecule has 1 aliphatic heterocycles. The van der Waals surface area contributed by atoms with Crippen LogP contribution < -0.4 is 10.1 Å². The molecule has 1 saturated heterocycles. The van der Waals surface area contributed by atoms with Gasteiger partial charge in [0.25, 0.3) is 15.9 Å². The van der Waals surface area contributed by atoms with E-state index >= 15 is 0 Å². The normalized spacial score (nSPS) is 15.6. The molecule has 3 rings (SSSR count). The number of ether oxygens (including phenoxy) is 2. The minimum Gasteiger partial charge on any atom is -0.497 e. The molecule has 9 heteroatoms. The monoisotopic (exact) mass is 380 g/mol. The Hall–Kier alpha value is -2.36. The Bertz CT molecular complexity index is 854. The van der Waals surface area contributed by atoms with Crippen molar-refractivity contribution in [3.05, 3.63) is 47.7 Å². The fraction of sp³-hybridized carbons (Fsp3) is 0.353. The number of nitrogens with one attached hydrogen (secondary N) is 1. The molecular formula is C17H20N2O6S. The number of sulfonamides is 1. The highest BCUT2D eigenvalue weighted by molar-refractivity contribution is 7.89. The summed E-state index contributed by atoms with van der Waals surface area (Å²) in [5.74, 6) is 0.193. The number of benzene rings is 1. The van der Waals surface area contributed by atoms with Crippen LogP contribution in [-0.4, -0.2) is 52.0 Å². The second-order valence-corrected chi connectivity index (χ2v) is 7.53. The standard InChI is InChI=1S/C17H20N2O6S/c1-23-14-4-2-13(3-5-14)12-18-17(20)15-6-7-16(25-15)26(21,22)19-8-10-24-11-9-19/h2-7H,8-12H2,1H3,(H,18,20). The number of rotatable bonds is 6. The minimum atomic E-state index is -3.76. The lowest BCUT2D eigenvalue weighted by atomic mass is 10.2. The maximum atomic E-state index is 12.5. The Morgan fingerprint density at radius 3 is 2.50 bits per heavy atom. The summed E-state index contributed by atoms with van der Waals surface area (Å²) < 4.78 is 41.8. The summed E-state index contributed by atoms with van der Waals surface area (Å²) in [4.78, 5) is 12.2. The fourth-order valence-corrected chi connectivity index (χ4v) is 3.83. The summed E-state index contributed by atoms with van der Waals surface area (Å²) in [6, 6.07) is 9.90. The highest BCUT2D eigenvalue weighted by Crippen LogP contribution is 2.20. The van der Waals surface area contributed by atoms with Gasteiger partial charge in [-0.25, -0.2) is 8.42 Å². The van der Waals surface area contributed by atoms with Crippen LogP contribution in [0.4, 0.5) is 0 Å². The van der Waals surface area contributed by atoms with Crippen LogP contribution in [0.5, 0.6) is 5.75 Å². The van der Waals surface area contributed by atoms with Crippen molar-refractivity contribution < 1.29 is 27.1 Å². The summed E-state index contributed by atoms with van der Waals surface area (Å²) >= 11 is 0. The SMILES string of the molecule is COc1ccc(CNC(=O)c2ccc(S(=O)(=O)N3CCOCC3)o2)cc1. The van der Waals surface area contributed by atoms with Crippen LogP contribution in [0.2, 0.25) is 0 Å². The predicted octanol–water partition coefficient (Wildman–Crippen LogP) is 1.24. The molecule has 26 heavy (non-hydrogen) atoms. The van der Waals surface area contributed by atoms with Gasteiger partial charge < -0.3 is 19.2 Å². The van der Waals surface area contributed by atoms with Gasteiger partial charge in [0.15, 0.2) is 5.76 Å². The lowest BCUT2D eigenvalue weighted by molar-refractivity contribution is 0.0722. The minimum absolute atomic E-state index is 0.0506. The summed E-state index contributed by atoms with van der Waals surface area (Å²) in [7, 11) is -2.18. The predicted molar refractivity (Wildman–Crippen MR) is 92.5 cm³/mol. The lowest BCUT2D eigenvalue weighted by Gasteiger charge is -2.24. The number of furan rings is 1. The van der Waals surface area contributed by atoms with E-state index in [1.54, 1.807) is 19.2 Å². The number of methoxy groups -OCH3 is 1. The summed E-state index contributed by atoms with van der Waals surface area (Å²) in [6.45, 7) is 1.50. The second-order valence-electron chi connectivity index (χ2n) is 5.67. The van der Waals surface area contributed by atoms with E-state index < -0.39 is 15.9 Å². The highest BCUT2D eigenvalue weighted by atomic mass is 32.2. The molecule has 140 valence electrons. The molecule has 1 fully saturated rings. The topological polar surface area (TPSA) is 98.1 Å². The maximum absolute atomic E-state index is 12.5. The number of morpholine rings is 1. The Kier molecular flexibility index (Phi) is 5.60. The molecule has 2 aromatic rings. The van der Waals surface area contributed by atoms with E-state index in [-0.39, 0.29) is 30.5 Å². The van der Waals surface area contributed by atoms with E-state index in [0.717, 1.165) is 11.3 Å². The first-order valence-corrected chi connectivity index (χ1v) is 9.53. The zero-order chi connectivity index (χ0) is 18.6. The molecule has 1 aliphatic rings. The molecular weight excluding hydrogens is 360 g/mol. The van der Waals surface area contributed by atoms with Crippen LogP contribution in [0.3, 0.4) is 0 Å². The second kappa shape index (κ2) is 7.90. The summed E-state index contributed by atoms with van der Waals surface area (Å²) in [5.41, 5.74) is 0.881. The molecule has 1 N–H and O–H groups in total. The lowest BCUT2D eigenvalue weighted by Crippen LogP contribution is -2.40. The molecule has 0 spiro atoms. The van der Waals surface area contributed by atoms with Gasteiger partial charge in [-0.2, -0.15) is 4.31 Å². The van der Waals surface area contributed by atoms with Crippen molar-refractivity contribution in [3.8, 4) is 5.75 Å².